The van der Waals surface area contributed by atoms with Gasteiger partial charge in [-0.2, -0.15) is 0 Å². The van der Waals surface area contributed by atoms with Crippen LogP contribution in [0.1, 0.15) is 46.3 Å². The Hall–Kier alpha value is -3.09. The number of hydrogen-bond donors (Lipinski definition) is 0. The lowest BCUT2D eigenvalue weighted by Crippen LogP contribution is -2.52. The van der Waals surface area contributed by atoms with E-state index in [1.807, 2.05) is 0 Å². The molecule has 7 nitrogen and oxygen atoms in total. The second kappa shape index (κ2) is 7.14. The normalized spacial score (nSPS) is 20.8. The third-order valence-corrected chi connectivity index (χ3v) is 4.69. The Kier molecular flexibility index (Phi) is 5.02. The summed E-state index contributed by atoms with van der Waals surface area (Å²) in [6.07, 6.45) is -0.334. The highest BCUT2D eigenvalue weighted by atomic mass is 16.6. The first-order chi connectivity index (χ1) is 13.1. The third-order valence-electron chi connectivity index (χ3n) is 4.69. The van der Waals surface area contributed by atoms with Gasteiger partial charge in [-0.15, -0.1) is 0 Å². The Labute approximate surface area is 161 Å². The Morgan fingerprint density at radius 3 is 2.43 bits per heavy atom. The molecular weight excluding hydrogens is 364 g/mol. The van der Waals surface area contributed by atoms with Crippen LogP contribution in [0.3, 0.4) is 0 Å². The van der Waals surface area contributed by atoms with Crippen molar-refractivity contribution in [3.63, 3.8) is 0 Å². The predicted molar refractivity (Wildman–Crippen MR) is 101 cm³/mol. The van der Waals surface area contributed by atoms with Gasteiger partial charge in [0.1, 0.15) is 16.9 Å². The van der Waals surface area contributed by atoms with Crippen molar-refractivity contribution in [1.82, 2.24) is 0 Å². The van der Waals surface area contributed by atoms with Crippen LogP contribution >= 0.6 is 0 Å². The van der Waals surface area contributed by atoms with E-state index in [0.29, 0.717) is 22.3 Å². The van der Waals surface area contributed by atoms with Crippen LogP contribution in [0, 0.1) is 0 Å². The molecule has 0 saturated heterocycles. The van der Waals surface area contributed by atoms with Crippen LogP contribution in [-0.2, 0) is 19.1 Å². The first kappa shape index (κ1) is 19.7. The van der Waals surface area contributed by atoms with Crippen molar-refractivity contribution in [2.45, 2.75) is 52.4 Å². The minimum absolute atomic E-state index is 0.230. The van der Waals surface area contributed by atoms with Crippen LogP contribution in [0.4, 0.5) is 0 Å². The molecule has 0 bridgehead atoms. The number of ether oxygens (including phenoxy) is 3. The molecule has 0 radical (unpaired) electrons. The minimum Gasteiger partial charge on any atom is -0.483 e. The van der Waals surface area contributed by atoms with E-state index in [1.54, 1.807) is 52.0 Å². The van der Waals surface area contributed by atoms with E-state index in [0.717, 1.165) is 0 Å². The van der Waals surface area contributed by atoms with Crippen molar-refractivity contribution < 1.29 is 28.2 Å². The molecule has 2 aromatic rings. The average Bonchev–Trinajstić information content (AvgIpc) is 2.62. The summed E-state index contributed by atoms with van der Waals surface area (Å²) in [4.78, 5) is 36.1. The molecule has 1 aliphatic heterocycles. The molecule has 0 spiro atoms. The molecular formula is C21H22O7. The van der Waals surface area contributed by atoms with Gasteiger partial charge in [0, 0.05) is 23.9 Å². The molecule has 0 aliphatic carbocycles. The van der Waals surface area contributed by atoms with Gasteiger partial charge in [-0.3, -0.25) is 4.79 Å². The van der Waals surface area contributed by atoms with Gasteiger partial charge in [-0.25, -0.2) is 9.59 Å². The van der Waals surface area contributed by atoms with Gasteiger partial charge < -0.3 is 18.6 Å². The van der Waals surface area contributed by atoms with Gasteiger partial charge in [0.2, 0.25) is 0 Å². The Bertz CT molecular complexity index is 1030. The van der Waals surface area contributed by atoms with Gasteiger partial charge in [-0.05, 0) is 45.9 Å². The summed E-state index contributed by atoms with van der Waals surface area (Å²) in [6.45, 7) is 8.08. The van der Waals surface area contributed by atoms with E-state index < -0.39 is 35.4 Å². The number of esters is 2. The van der Waals surface area contributed by atoms with Gasteiger partial charge in [0.15, 0.2) is 12.2 Å². The van der Waals surface area contributed by atoms with Gasteiger partial charge in [0.25, 0.3) is 0 Å². The fourth-order valence-electron chi connectivity index (χ4n) is 3.18. The monoisotopic (exact) mass is 386 g/mol. The van der Waals surface area contributed by atoms with Gasteiger partial charge in [0.05, 0.1) is 5.56 Å². The van der Waals surface area contributed by atoms with Crippen molar-refractivity contribution in [2.75, 3.05) is 0 Å². The van der Waals surface area contributed by atoms with Crippen molar-refractivity contribution >= 4 is 22.9 Å². The zero-order valence-electron chi connectivity index (χ0n) is 16.4. The highest BCUT2D eigenvalue weighted by Gasteiger charge is 2.49. The molecule has 0 saturated carbocycles. The standard InChI is InChI=1S/C21H22O7/c1-6-11(2)20(24)27-18-16-14(28-21(4,5)19(18)25-12(3)22)9-7-13-8-10-15(23)26-17(13)16/h6-10,18-19H,1-5H3/b11-6-/t18-,19+/m1/s1. The summed E-state index contributed by atoms with van der Waals surface area (Å²) in [5.74, 6) is -0.717. The summed E-state index contributed by atoms with van der Waals surface area (Å²) < 4.78 is 22.7. The van der Waals surface area contributed by atoms with Crippen molar-refractivity contribution in [3.05, 3.63) is 51.9 Å². The molecule has 0 unspecified atom stereocenters. The van der Waals surface area contributed by atoms with Crippen LogP contribution in [0.15, 0.2) is 45.1 Å². The highest BCUT2D eigenvalue weighted by Crippen LogP contribution is 2.46. The SMILES string of the molecule is C/C=C(/C)C(=O)O[C@@H]1c2c(ccc3ccc(=O)oc23)OC(C)(C)[C@H]1OC(C)=O. The second-order valence-electron chi connectivity index (χ2n) is 7.18. The van der Waals surface area contributed by atoms with Crippen molar-refractivity contribution in [3.8, 4) is 5.75 Å². The maximum atomic E-state index is 12.5. The fraction of sp³-hybridized carbons (Fsp3) is 0.381. The van der Waals surface area contributed by atoms with Crippen molar-refractivity contribution in [1.29, 1.82) is 0 Å². The van der Waals surface area contributed by atoms with Crippen LogP contribution in [0.2, 0.25) is 0 Å². The topological polar surface area (TPSA) is 92.0 Å². The molecule has 1 aromatic heterocycles. The number of carbonyl (C=O) groups excluding carboxylic acids is 2. The third kappa shape index (κ3) is 3.52. The lowest BCUT2D eigenvalue weighted by molar-refractivity contribution is -0.186. The van der Waals surface area contributed by atoms with E-state index in [2.05, 4.69) is 0 Å². The summed E-state index contributed by atoms with van der Waals surface area (Å²) >= 11 is 0. The molecule has 0 N–H and O–H groups in total. The molecule has 2 atom stereocenters. The Morgan fingerprint density at radius 2 is 1.79 bits per heavy atom. The average molecular weight is 386 g/mol. The summed E-state index contributed by atoms with van der Waals surface area (Å²) in [5.41, 5.74) is -0.555. The maximum absolute atomic E-state index is 12.5. The van der Waals surface area contributed by atoms with Crippen LogP contribution < -0.4 is 10.4 Å². The number of carbonyl (C=O) groups is 2. The maximum Gasteiger partial charge on any atom is 0.336 e. The lowest BCUT2D eigenvalue weighted by Gasteiger charge is -2.43. The summed E-state index contributed by atoms with van der Waals surface area (Å²) in [7, 11) is 0. The van der Waals surface area contributed by atoms with E-state index in [4.69, 9.17) is 18.6 Å². The lowest BCUT2D eigenvalue weighted by atomic mass is 9.87. The van der Waals surface area contributed by atoms with Crippen LogP contribution in [0.25, 0.3) is 11.0 Å². The summed E-state index contributed by atoms with van der Waals surface area (Å²) in [5, 5.41) is 0.632. The molecule has 148 valence electrons. The van der Waals surface area contributed by atoms with Crippen molar-refractivity contribution in [2.24, 2.45) is 0 Å². The van der Waals surface area contributed by atoms with E-state index >= 15 is 0 Å². The quantitative estimate of drug-likeness (QED) is 0.453. The molecule has 1 aliphatic rings. The van der Waals surface area contributed by atoms with Crippen LogP contribution in [0.5, 0.6) is 5.75 Å². The Balaban J connectivity index is 2.25. The largest absolute Gasteiger partial charge is 0.483 e. The first-order valence-electron chi connectivity index (χ1n) is 8.91. The van der Waals surface area contributed by atoms with Gasteiger partial charge >= 0.3 is 17.6 Å². The number of benzene rings is 1. The van der Waals surface area contributed by atoms with E-state index in [1.165, 1.54) is 13.0 Å². The molecule has 1 aromatic carbocycles. The highest BCUT2D eigenvalue weighted by molar-refractivity contribution is 5.89. The molecule has 3 rings (SSSR count). The van der Waals surface area contributed by atoms with E-state index in [9.17, 15) is 14.4 Å². The zero-order valence-corrected chi connectivity index (χ0v) is 16.4. The summed E-state index contributed by atoms with van der Waals surface area (Å²) in [6, 6.07) is 6.37. The number of fused-ring (bicyclic) bond motifs is 3. The number of allylic oxidation sites excluding steroid dienone is 1. The van der Waals surface area contributed by atoms with E-state index in [-0.39, 0.29) is 5.58 Å². The Morgan fingerprint density at radius 1 is 1.11 bits per heavy atom. The molecule has 0 amide bonds. The van der Waals surface area contributed by atoms with Gasteiger partial charge in [-0.1, -0.05) is 6.08 Å². The number of hydrogen-bond acceptors (Lipinski definition) is 7. The molecule has 0 fully saturated rings. The zero-order chi connectivity index (χ0) is 20.6. The molecule has 28 heavy (non-hydrogen) atoms. The smallest absolute Gasteiger partial charge is 0.336 e. The fourth-order valence-corrected chi connectivity index (χ4v) is 3.18. The second-order valence-corrected chi connectivity index (χ2v) is 7.18. The molecule has 2 heterocycles. The first-order valence-corrected chi connectivity index (χ1v) is 8.91. The van der Waals surface area contributed by atoms with Crippen LogP contribution in [-0.4, -0.2) is 23.6 Å². The molecule has 7 heteroatoms. The minimum atomic E-state index is -1.01. The predicted octanol–water partition coefficient (Wildman–Crippen LogP) is 3.45. The number of rotatable bonds is 3.